The van der Waals surface area contributed by atoms with Crippen LogP contribution in [0.2, 0.25) is 0 Å². The van der Waals surface area contributed by atoms with Crippen LogP contribution in [0.15, 0.2) is 91.0 Å². The van der Waals surface area contributed by atoms with E-state index >= 15 is 0 Å². The fourth-order valence-electron chi connectivity index (χ4n) is 6.65. The molecule has 0 spiro atoms. The van der Waals surface area contributed by atoms with Crippen LogP contribution in [-0.4, -0.2) is 94.0 Å². The minimum Gasteiger partial charge on any atom is -0.480 e. The number of carboxylic acid groups (broad SMARTS) is 1. The molecular formula is C34H40N4O4. The summed E-state index contributed by atoms with van der Waals surface area (Å²) in [6.45, 7) is 7.27. The molecule has 0 aromatic heterocycles. The van der Waals surface area contributed by atoms with Crippen molar-refractivity contribution in [3.8, 4) is 0 Å². The zero-order chi connectivity index (χ0) is 30.0. The summed E-state index contributed by atoms with van der Waals surface area (Å²) in [5, 5.41) is 9.66. The minimum atomic E-state index is -1.02. The first-order valence-corrected chi connectivity index (χ1v) is 14.7. The van der Waals surface area contributed by atoms with Crippen LogP contribution < -0.4 is 0 Å². The van der Waals surface area contributed by atoms with Crippen LogP contribution in [0.5, 0.6) is 0 Å². The van der Waals surface area contributed by atoms with Crippen LogP contribution in [0.3, 0.4) is 0 Å². The third kappa shape index (κ3) is 5.27. The lowest BCUT2D eigenvalue weighted by atomic mass is 9.76. The van der Waals surface area contributed by atoms with Gasteiger partial charge in [0, 0.05) is 39.3 Å². The molecular weight excluding hydrogens is 528 g/mol. The maximum absolute atomic E-state index is 14.1. The Labute approximate surface area is 248 Å². The number of benzene rings is 3. The molecule has 220 valence electrons. The molecule has 2 unspecified atom stereocenters. The average Bonchev–Trinajstić information content (AvgIpc) is 3.79. The summed E-state index contributed by atoms with van der Waals surface area (Å²) in [4.78, 5) is 46.3. The topological polar surface area (TPSA) is 84.2 Å². The molecule has 3 amide bonds. The van der Waals surface area contributed by atoms with E-state index in [0.29, 0.717) is 26.2 Å². The number of carboxylic acids is 1. The molecule has 3 aromatic rings. The van der Waals surface area contributed by atoms with E-state index in [9.17, 15) is 19.5 Å². The van der Waals surface area contributed by atoms with Crippen molar-refractivity contribution in [3.63, 3.8) is 0 Å². The Morgan fingerprint density at radius 1 is 0.810 bits per heavy atom. The molecule has 1 N–H and O–H groups in total. The van der Waals surface area contributed by atoms with E-state index < -0.39 is 17.6 Å². The molecule has 2 saturated heterocycles. The van der Waals surface area contributed by atoms with Gasteiger partial charge in [0.25, 0.3) is 0 Å². The maximum Gasteiger partial charge on any atom is 0.326 e. The van der Waals surface area contributed by atoms with Crippen LogP contribution in [0, 0.1) is 5.92 Å². The zero-order valence-electron chi connectivity index (χ0n) is 24.8. The van der Waals surface area contributed by atoms with Crippen LogP contribution in [0.25, 0.3) is 0 Å². The summed E-state index contributed by atoms with van der Waals surface area (Å²) in [5.41, 5.74) is 2.66. The van der Waals surface area contributed by atoms with E-state index in [1.165, 1.54) is 4.90 Å². The number of hydrogen-bond donors (Lipinski definition) is 1. The SMILES string of the molecule is CC(C)C(C(=O)O)N(C)C(=O)N1CCN(C(=O)C2C[N@]2C(c2ccccc2)(c2ccccc2)c2ccccc2)[C@@H](C)C1. The number of aliphatic carboxylic acids is 1. The van der Waals surface area contributed by atoms with Crippen molar-refractivity contribution in [1.29, 1.82) is 0 Å². The molecule has 0 radical (unpaired) electrons. The Bertz CT molecular complexity index is 1300. The summed E-state index contributed by atoms with van der Waals surface area (Å²) in [6, 6.07) is 29.3. The van der Waals surface area contributed by atoms with Gasteiger partial charge >= 0.3 is 12.0 Å². The monoisotopic (exact) mass is 568 g/mol. The van der Waals surface area contributed by atoms with E-state index in [1.54, 1.807) is 25.8 Å². The lowest BCUT2D eigenvalue weighted by Crippen LogP contribution is -2.60. The number of hydrogen-bond acceptors (Lipinski definition) is 4. The van der Waals surface area contributed by atoms with Crippen molar-refractivity contribution in [2.75, 3.05) is 33.2 Å². The summed E-state index contributed by atoms with van der Waals surface area (Å²) in [5.74, 6) is -1.19. The van der Waals surface area contributed by atoms with Crippen molar-refractivity contribution in [1.82, 2.24) is 19.6 Å². The normalized spacial score (nSPS) is 21.1. The Hall–Kier alpha value is -4.17. The fourth-order valence-corrected chi connectivity index (χ4v) is 6.65. The molecule has 3 aromatic carbocycles. The molecule has 0 bridgehead atoms. The van der Waals surface area contributed by atoms with Gasteiger partial charge in [-0.05, 0) is 29.5 Å². The van der Waals surface area contributed by atoms with Crippen molar-refractivity contribution >= 4 is 17.9 Å². The van der Waals surface area contributed by atoms with Gasteiger partial charge in [-0.1, -0.05) is 105 Å². The molecule has 0 saturated carbocycles. The van der Waals surface area contributed by atoms with Crippen LogP contribution in [0.1, 0.15) is 37.5 Å². The third-order valence-electron chi connectivity index (χ3n) is 8.69. The first-order chi connectivity index (χ1) is 20.2. The number of carbonyl (C=O) groups excluding carboxylic acids is 2. The number of amides is 3. The number of likely N-dealkylation sites (N-methyl/N-ethyl adjacent to an activating group) is 1. The predicted molar refractivity (Wildman–Crippen MR) is 162 cm³/mol. The van der Waals surface area contributed by atoms with E-state index in [4.69, 9.17) is 0 Å². The predicted octanol–water partition coefficient (Wildman–Crippen LogP) is 4.36. The Morgan fingerprint density at radius 2 is 1.29 bits per heavy atom. The smallest absolute Gasteiger partial charge is 0.326 e. The number of urea groups is 1. The lowest BCUT2D eigenvalue weighted by molar-refractivity contribution is -0.143. The molecule has 0 aliphatic carbocycles. The van der Waals surface area contributed by atoms with Crippen molar-refractivity contribution < 1.29 is 19.5 Å². The third-order valence-corrected chi connectivity index (χ3v) is 8.69. The molecule has 2 aliphatic rings. The van der Waals surface area contributed by atoms with Crippen molar-refractivity contribution in [2.24, 2.45) is 5.92 Å². The van der Waals surface area contributed by atoms with Gasteiger partial charge < -0.3 is 19.8 Å². The van der Waals surface area contributed by atoms with Gasteiger partial charge in [-0.15, -0.1) is 0 Å². The zero-order valence-corrected chi connectivity index (χ0v) is 24.8. The standard InChI is InChI=1S/C34H40N4O4/c1-24(2)30(32(40)41)35(4)33(42)36-20-21-37(25(3)22-36)31(39)29-23-38(29)34(26-14-8-5-9-15-26,27-16-10-6-11-17-27)28-18-12-7-13-19-28/h5-19,24-25,29-30H,20-23H2,1-4H3,(H,40,41)/t25-,29?,30?,38-/m0/s1. The highest BCUT2D eigenvalue weighted by molar-refractivity contribution is 5.87. The van der Waals surface area contributed by atoms with Crippen molar-refractivity contribution in [3.05, 3.63) is 108 Å². The highest BCUT2D eigenvalue weighted by Crippen LogP contribution is 2.48. The lowest BCUT2D eigenvalue weighted by Gasteiger charge is -2.43. The molecule has 2 fully saturated rings. The number of piperazine rings is 1. The molecule has 42 heavy (non-hydrogen) atoms. The van der Waals surface area contributed by atoms with Gasteiger partial charge in [-0.3, -0.25) is 9.69 Å². The Morgan fingerprint density at radius 3 is 1.69 bits per heavy atom. The average molecular weight is 569 g/mol. The Kier molecular flexibility index (Phi) is 8.36. The van der Waals surface area contributed by atoms with Gasteiger partial charge in [-0.2, -0.15) is 0 Å². The van der Waals surface area contributed by atoms with Crippen LogP contribution >= 0.6 is 0 Å². The first-order valence-electron chi connectivity index (χ1n) is 14.7. The number of rotatable bonds is 8. The highest BCUT2D eigenvalue weighted by Gasteiger charge is 2.57. The number of nitrogens with zero attached hydrogens (tertiary/aromatic N) is 4. The quantitative estimate of drug-likeness (QED) is 0.323. The fraction of sp³-hybridized carbons (Fsp3) is 0.382. The first kappa shape index (κ1) is 29.3. The second-order valence-electron chi connectivity index (χ2n) is 11.7. The molecule has 4 atom stereocenters. The minimum absolute atomic E-state index is 0.0562. The molecule has 2 aliphatic heterocycles. The largest absolute Gasteiger partial charge is 0.480 e. The highest BCUT2D eigenvalue weighted by atomic mass is 16.4. The Balaban J connectivity index is 1.39. The maximum atomic E-state index is 14.1. The van der Waals surface area contributed by atoms with Gasteiger partial charge in [0.1, 0.15) is 12.1 Å². The number of carbonyl (C=O) groups is 3. The van der Waals surface area contributed by atoms with Gasteiger partial charge in [0.15, 0.2) is 0 Å². The van der Waals surface area contributed by atoms with E-state index in [-0.39, 0.29) is 29.9 Å². The van der Waals surface area contributed by atoms with Crippen molar-refractivity contribution in [2.45, 2.75) is 44.4 Å². The summed E-state index contributed by atoms with van der Waals surface area (Å²) >= 11 is 0. The molecule has 2 heterocycles. The van der Waals surface area contributed by atoms with Gasteiger partial charge in [-0.25, -0.2) is 9.59 Å². The van der Waals surface area contributed by atoms with Gasteiger partial charge in [0.05, 0.1) is 5.54 Å². The van der Waals surface area contributed by atoms with E-state index in [1.807, 2.05) is 66.4 Å². The van der Waals surface area contributed by atoms with Crippen LogP contribution in [-0.2, 0) is 15.1 Å². The molecule has 8 nitrogen and oxygen atoms in total. The molecule has 5 rings (SSSR count). The summed E-state index contributed by atoms with van der Waals surface area (Å²) < 4.78 is 0. The molecule has 8 heteroatoms. The summed E-state index contributed by atoms with van der Waals surface area (Å²) in [6.07, 6.45) is 0. The van der Waals surface area contributed by atoms with E-state index in [0.717, 1.165) is 16.7 Å². The second kappa shape index (κ2) is 12.0. The van der Waals surface area contributed by atoms with E-state index in [2.05, 4.69) is 41.3 Å². The van der Waals surface area contributed by atoms with Crippen LogP contribution in [0.4, 0.5) is 4.79 Å². The summed E-state index contributed by atoms with van der Waals surface area (Å²) in [7, 11) is 1.54. The second-order valence-corrected chi connectivity index (χ2v) is 11.7. The van der Waals surface area contributed by atoms with Gasteiger partial charge in [0.2, 0.25) is 5.91 Å².